The van der Waals surface area contributed by atoms with Crippen molar-refractivity contribution in [2.45, 2.75) is 33.4 Å². The van der Waals surface area contributed by atoms with Gasteiger partial charge in [0.15, 0.2) is 5.76 Å². The zero-order chi connectivity index (χ0) is 20.0. The SMILES string of the molecule is Cc1cc2c(c3c1C(=O)/C(=C/c1ccc(N(C)C)cc1)O3)CN(C(C)C)CO2. The summed E-state index contributed by atoms with van der Waals surface area (Å²) in [5.74, 6) is 1.78. The molecule has 0 fully saturated rings. The minimum atomic E-state index is -0.0614. The van der Waals surface area contributed by atoms with Crippen LogP contribution in [-0.4, -0.2) is 37.6 Å². The lowest BCUT2D eigenvalue weighted by atomic mass is 9.98. The zero-order valence-electron chi connectivity index (χ0n) is 17.1. The Kier molecular flexibility index (Phi) is 4.63. The predicted molar refractivity (Wildman–Crippen MR) is 111 cm³/mol. The molecule has 2 aliphatic rings. The number of Topliss-reactive ketones (excluding diaryl/α,β-unsaturated/α-hetero) is 1. The molecule has 0 radical (unpaired) electrons. The van der Waals surface area contributed by atoms with Crippen LogP contribution in [0.4, 0.5) is 5.69 Å². The lowest BCUT2D eigenvalue weighted by Crippen LogP contribution is -2.37. The molecule has 0 saturated carbocycles. The fraction of sp³-hybridized carbons (Fsp3) is 0.348. The Bertz CT molecular complexity index is 959. The standard InChI is InChI=1S/C23H26N2O3/c1-14(2)25-12-18-19(27-13-25)10-15(3)21-22(26)20(28-23(18)21)11-16-6-8-17(9-7-16)24(4)5/h6-11,14H,12-13H2,1-5H3/b20-11-. The first kappa shape index (κ1) is 18.6. The first-order valence-electron chi connectivity index (χ1n) is 9.60. The van der Waals surface area contributed by atoms with Gasteiger partial charge < -0.3 is 14.4 Å². The molecule has 0 spiro atoms. The van der Waals surface area contributed by atoms with Crippen molar-refractivity contribution in [2.75, 3.05) is 25.7 Å². The number of anilines is 1. The Morgan fingerprint density at radius 2 is 1.89 bits per heavy atom. The van der Waals surface area contributed by atoms with Crippen LogP contribution in [0.25, 0.3) is 6.08 Å². The number of rotatable bonds is 3. The van der Waals surface area contributed by atoms with Crippen molar-refractivity contribution in [3.05, 3.63) is 58.3 Å². The van der Waals surface area contributed by atoms with Gasteiger partial charge in [0.05, 0.1) is 11.1 Å². The first-order valence-corrected chi connectivity index (χ1v) is 9.60. The molecule has 0 bridgehead atoms. The van der Waals surface area contributed by atoms with Crippen molar-refractivity contribution in [3.8, 4) is 11.5 Å². The largest absolute Gasteiger partial charge is 0.478 e. The third kappa shape index (κ3) is 3.16. The highest BCUT2D eigenvalue weighted by Crippen LogP contribution is 2.44. The lowest BCUT2D eigenvalue weighted by Gasteiger charge is -2.32. The van der Waals surface area contributed by atoms with Crippen molar-refractivity contribution in [1.82, 2.24) is 4.90 Å². The molecule has 0 atom stereocenters. The first-order chi connectivity index (χ1) is 13.3. The van der Waals surface area contributed by atoms with Crippen molar-refractivity contribution in [3.63, 3.8) is 0 Å². The molecule has 0 aromatic heterocycles. The normalized spacial score (nSPS) is 17.4. The Morgan fingerprint density at radius 3 is 2.54 bits per heavy atom. The lowest BCUT2D eigenvalue weighted by molar-refractivity contribution is 0.0673. The molecule has 4 rings (SSSR count). The van der Waals surface area contributed by atoms with E-state index in [0.29, 0.717) is 36.4 Å². The summed E-state index contributed by atoms with van der Waals surface area (Å²) >= 11 is 0. The molecule has 2 aliphatic heterocycles. The molecule has 5 heteroatoms. The zero-order valence-corrected chi connectivity index (χ0v) is 17.1. The third-order valence-electron chi connectivity index (χ3n) is 5.39. The molecule has 2 heterocycles. The molecule has 2 aromatic rings. The maximum Gasteiger partial charge on any atom is 0.232 e. The summed E-state index contributed by atoms with van der Waals surface area (Å²) in [6.07, 6.45) is 1.82. The number of carbonyl (C=O) groups is 1. The molecular formula is C23H26N2O3. The number of hydrogen-bond acceptors (Lipinski definition) is 5. The van der Waals surface area contributed by atoms with Gasteiger partial charge in [-0.05, 0) is 56.2 Å². The fourth-order valence-electron chi connectivity index (χ4n) is 3.60. The Hall–Kier alpha value is -2.79. The van der Waals surface area contributed by atoms with E-state index in [1.54, 1.807) is 0 Å². The second-order valence-corrected chi connectivity index (χ2v) is 7.91. The number of carbonyl (C=O) groups excluding carboxylic acids is 1. The Labute approximate surface area is 166 Å². The van der Waals surface area contributed by atoms with Crippen molar-refractivity contribution in [1.29, 1.82) is 0 Å². The van der Waals surface area contributed by atoms with Crippen molar-refractivity contribution in [2.24, 2.45) is 0 Å². The van der Waals surface area contributed by atoms with Crippen LogP contribution >= 0.6 is 0 Å². The Morgan fingerprint density at radius 1 is 1.18 bits per heavy atom. The van der Waals surface area contributed by atoms with Gasteiger partial charge in [-0.1, -0.05) is 12.1 Å². The molecule has 0 amide bonds. The van der Waals surface area contributed by atoms with Gasteiger partial charge in [0.2, 0.25) is 5.78 Å². The molecule has 0 saturated heterocycles. The van der Waals surface area contributed by atoms with Gasteiger partial charge in [-0.25, -0.2) is 0 Å². The van der Waals surface area contributed by atoms with E-state index in [2.05, 4.69) is 18.7 Å². The maximum absolute atomic E-state index is 13.0. The van der Waals surface area contributed by atoms with Gasteiger partial charge in [-0.15, -0.1) is 0 Å². The van der Waals surface area contributed by atoms with Crippen molar-refractivity contribution < 1.29 is 14.3 Å². The summed E-state index contributed by atoms with van der Waals surface area (Å²) in [5.41, 5.74) is 4.56. The molecule has 28 heavy (non-hydrogen) atoms. The highest BCUT2D eigenvalue weighted by Gasteiger charge is 2.35. The molecular weight excluding hydrogens is 352 g/mol. The molecule has 2 aromatic carbocycles. The van der Waals surface area contributed by atoms with Crippen LogP contribution in [0, 0.1) is 6.92 Å². The number of nitrogens with zero attached hydrogens (tertiary/aromatic N) is 2. The average molecular weight is 378 g/mol. The predicted octanol–water partition coefficient (Wildman–Crippen LogP) is 4.24. The third-order valence-corrected chi connectivity index (χ3v) is 5.39. The number of ketones is 1. The average Bonchev–Trinajstić information content (AvgIpc) is 2.99. The van der Waals surface area contributed by atoms with Crippen LogP contribution in [0.5, 0.6) is 11.5 Å². The van der Waals surface area contributed by atoms with Crippen LogP contribution < -0.4 is 14.4 Å². The van der Waals surface area contributed by atoms with E-state index in [1.165, 1.54) is 0 Å². The summed E-state index contributed by atoms with van der Waals surface area (Å²) in [7, 11) is 4.00. The van der Waals surface area contributed by atoms with Gasteiger partial charge in [-0.2, -0.15) is 0 Å². The quantitative estimate of drug-likeness (QED) is 0.748. The van der Waals surface area contributed by atoms with Crippen molar-refractivity contribution >= 4 is 17.5 Å². The summed E-state index contributed by atoms with van der Waals surface area (Å²) in [4.78, 5) is 17.3. The number of allylic oxidation sites excluding steroid dienone is 1. The van der Waals surface area contributed by atoms with E-state index in [4.69, 9.17) is 9.47 Å². The van der Waals surface area contributed by atoms with E-state index < -0.39 is 0 Å². The number of hydrogen-bond donors (Lipinski definition) is 0. The summed E-state index contributed by atoms with van der Waals surface area (Å²) in [5, 5.41) is 0. The number of ether oxygens (including phenoxy) is 2. The van der Waals surface area contributed by atoms with Crippen LogP contribution in [0.15, 0.2) is 36.1 Å². The van der Waals surface area contributed by atoms with Gasteiger partial charge in [0.25, 0.3) is 0 Å². The smallest absolute Gasteiger partial charge is 0.232 e. The van der Waals surface area contributed by atoms with Crippen LogP contribution in [0.1, 0.15) is 40.9 Å². The minimum absolute atomic E-state index is 0.0614. The van der Waals surface area contributed by atoms with Crippen LogP contribution in [0.3, 0.4) is 0 Å². The Balaban J connectivity index is 1.70. The number of benzene rings is 2. The summed E-state index contributed by atoms with van der Waals surface area (Å²) in [6.45, 7) is 7.48. The highest BCUT2D eigenvalue weighted by atomic mass is 16.5. The molecule has 5 nitrogen and oxygen atoms in total. The van der Waals surface area contributed by atoms with E-state index >= 15 is 0 Å². The van der Waals surface area contributed by atoms with Crippen LogP contribution in [-0.2, 0) is 6.54 Å². The second kappa shape index (κ2) is 6.99. The van der Waals surface area contributed by atoms with Gasteiger partial charge in [-0.3, -0.25) is 9.69 Å². The monoisotopic (exact) mass is 378 g/mol. The van der Waals surface area contributed by atoms with Crippen LogP contribution in [0.2, 0.25) is 0 Å². The van der Waals surface area contributed by atoms with E-state index in [0.717, 1.165) is 28.1 Å². The second-order valence-electron chi connectivity index (χ2n) is 7.91. The summed E-state index contributed by atoms with van der Waals surface area (Å²) in [6, 6.07) is 10.4. The minimum Gasteiger partial charge on any atom is -0.478 e. The van der Waals surface area contributed by atoms with E-state index in [-0.39, 0.29) is 5.78 Å². The molecule has 0 unspecified atom stereocenters. The van der Waals surface area contributed by atoms with E-state index in [9.17, 15) is 4.79 Å². The van der Waals surface area contributed by atoms with Gasteiger partial charge >= 0.3 is 0 Å². The summed E-state index contributed by atoms with van der Waals surface area (Å²) < 4.78 is 12.0. The maximum atomic E-state index is 13.0. The topological polar surface area (TPSA) is 42.0 Å². The number of aryl methyl sites for hydroxylation is 1. The molecule has 0 aliphatic carbocycles. The molecule has 0 N–H and O–H groups in total. The van der Waals surface area contributed by atoms with Gasteiger partial charge in [0.1, 0.15) is 18.2 Å². The van der Waals surface area contributed by atoms with E-state index in [1.807, 2.05) is 62.3 Å². The molecule has 146 valence electrons. The van der Waals surface area contributed by atoms with Gasteiger partial charge in [0, 0.05) is 32.4 Å². The number of fused-ring (bicyclic) bond motifs is 3. The highest BCUT2D eigenvalue weighted by molar-refractivity contribution is 6.15. The fourth-order valence-corrected chi connectivity index (χ4v) is 3.60.